The molecule has 1 aromatic rings. The van der Waals surface area contributed by atoms with E-state index >= 15 is 0 Å². The van der Waals surface area contributed by atoms with E-state index < -0.39 is 0 Å². The molecule has 16 heavy (non-hydrogen) atoms. The Hall–Kier alpha value is -1.51. The van der Waals surface area contributed by atoms with Gasteiger partial charge in [-0.1, -0.05) is 26.0 Å². The first kappa shape index (κ1) is 11.0. The number of fused-ring (bicyclic) bond motifs is 1. The molecule has 1 aliphatic heterocycles. The monoisotopic (exact) mass is 220 g/mol. The maximum Gasteiger partial charge on any atom is 0.341 e. The highest BCUT2D eigenvalue weighted by Gasteiger charge is 2.31. The normalized spacial score (nSPS) is 17.2. The van der Waals surface area contributed by atoms with Gasteiger partial charge < -0.3 is 9.47 Å². The summed E-state index contributed by atoms with van der Waals surface area (Å²) in [6.45, 7) is 4.97. The van der Waals surface area contributed by atoms with Crippen LogP contribution in [0.3, 0.4) is 0 Å². The van der Waals surface area contributed by atoms with Gasteiger partial charge in [0.05, 0.1) is 13.7 Å². The second-order valence-corrected chi connectivity index (χ2v) is 4.66. The SMILES string of the molecule is COC(=O)c1cccc2c1OCCC2(C)C. The summed E-state index contributed by atoms with van der Waals surface area (Å²) in [6.07, 6.45) is 0.963. The van der Waals surface area contributed by atoms with Crippen molar-refractivity contribution in [2.24, 2.45) is 0 Å². The van der Waals surface area contributed by atoms with E-state index in [0.717, 1.165) is 12.0 Å². The number of para-hydroxylation sites is 1. The van der Waals surface area contributed by atoms with Crippen LogP contribution in [0.4, 0.5) is 0 Å². The molecule has 0 saturated carbocycles. The number of ether oxygens (including phenoxy) is 2. The summed E-state index contributed by atoms with van der Waals surface area (Å²) in [6, 6.07) is 5.63. The zero-order valence-corrected chi connectivity index (χ0v) is 9.87. The molecule has 86 valence electrons. The average molecular weight is 220 g/mol. The number of benzene rings is 1. The highest BCUT2D eigenvalue weighted by atomic mass is 16.5. The number of carbonyl (C=O) groups excluding carboxylic acids is 1. The van der Waals surface area contributed by atoms with E-state index in [2.05, 4.69) is 13.8 Å². The van der Waals surface area contributed by atoms with Gasteiger partial charge in [-0.15, -0.1) is 0 Å². The number of carbonyl (C=O) groups is 1. The summed E-state index contributed by atoms with van der Waals surface area (Å²) in [4.78, 5) is 11.6. The first-order valence-corrected chi connectivity index (χ1v) is 5.41. The average Bonchev–Trinajstić information content (AvgIpc) is 2.27. The Morgan fingerprint density at radius 3 is 2.88 bits per heavy atom. The Bertz CT molecular complexity index is 421. The van der Waals surface area contributed by atoms with Crippen LogP contribution in [0.5, 0.6) is 5.75 Å². The van der Waals surface area contributed by atoms with Gasteiger partial charge in [-0.2, -0.15) is 0 Å². The molecular weight excluding hydrogens is 204 g/mol. The van der Waals surface area contributed by atoms with Crippen LogP contribution in [0, 0.1) is 0 Å². The lowest BCUT2D eigenvalue weighted by atomic mass is 9.79. The fourth-order valence-corrected chi connectivity index (χ4v) is 2.04. The van der Waals surface area contributed by atoms with Gasteiger partial charge in [0.15, 0.2) is 0 Å². The molecule has 0 spiro atoms. The number of hydrogen-bond acceptors (Lipinski definition) is 3. The molecule has 0 aliphatic carbocycles. The molecule has 0 aromatic heterocycles. The minimum absolute atomic E-state index is 0.0532. The van der Waals surface area contributed by atoms with Gasteiger partial charge in [0, 0.05) is 5.56 Å². The predicted octanol–water partition coefficient (Wildman–Crippen LogP) is 2.53. The molecule has 0 amide bonds. The van der Waals surface area contributed by atoms with Crippen molar-refractivity contribution in [3.05, 3.63) is 29.3 Å². The standard InChI is InChI=1S/C13H16O3/c1-13(2)7-8-16-11-9(12(14)15-3)5-4-6-10(11)13/h4-6H,7-8H2,1-3H3. The first-order valence-electron chi connectivity index (χ1n) is 5.41. The summed E-state index contributed by atoms with van der Waals surface area (Å²) in [7, 11) is 1.38. The van der Waals surface area contributed by atoms with E-state index in [1.807, 2.05) is 12.1 Å². The lowest BCUT2D eigenvalue weighted by molar-refractivity contribution is 0.0594. The van der Waals surface area contributed by atoms with Gasteiger partial charge in [-0.3, -0.25) is 0 Å². The van der Waals surface area contributed by atoms with Crippen molar-refractivity contribution in [2.75, 3.05) is 13.7 Å². The highest BCUT2D eigenvalue weighted by Crippen LogP contribution is 2.40. The number of methoxy groups -OCH3 is 1. The predicted molar refractivity (Wildman–Crippen MR) is 60.9 cm³/mol. The number of esters is 1. The van der Waals surface area contributed by atoms with Gasteiger partial charge in [0.2, 0.25) is 0 Å². The summed E-state index contributed by atoms with van der Waals surface area (Å²) >= 11 is 0. The maximum absolute atomic E-state index is 11.6. The summed E-state index contributed by atoms with van der Waals surface area (Å²) < 4.78 is 10.4. The van der Waals surface area contributed by atoms with Gasteiger partial charge in [0.25, 0.3) is 0 Å². The quantitative estimate of drug-likeness (QED) is 0.682. The molecule has 0 radical (unpaired) electrons. The molecule has 3 heteroatoms. The van der Waals surface area contributed by atoms with E-state index in [9.17, 15) is 4.79 Å². The van der Waals surface area contributed by atoms with Crippen LogP contribution in [0.25, 0.3) is 0 Å². The minimum atomic E-state index is -0.338. The van der Waals surface area contributed by atoms with Gasteiger partial charge in [-0.25, -0.2) is 4.79 Å². The molecule has 2 rings (SSSR count). The lowest BCUT2D eigenvalue weighted by Crippen LogP contribution is -2.27. The third-order valence-corrected chi connectivity index (χ3v) is 3.12. The summed E-state index contributed by atoms with van der Waals surface area (Å²) in [5.41, 5.74) is 1.66. The van der Waals surface area contributed by atoms with Gasteiger partial charge in [0.1, 0.15) is 11.3 Å². The van der Waals surface area contributed by atoms with Crippen molar-refractivity contribution in [3.63, 3.8) is 0 Å². The lowest BCUT2D eigenvalue weighted by Gasteiger charge is -2.33. The van der Waals surface area contributed by atoms with Crippen LogP contribution in [0.2, 0.25) is 0 Å². The zero-order chi connectivity index (χ0) is 11.8. The molecule has 0 bridgehead atoms. The van der Waals surface area contributed by atoms with Crippen molar-refractivity contribution in [1.82, 2.24) is 0 Å². The van der Waals surface area contributed by atoms with Crippen molar-refractivity contribution in [1.29, 1.82) is 0 Å². The maximum atomic E-state index is 11.6. The molecule has 0 fully saturated rings. The summed E-state index contributed by atoms with van der Waals surface area (Å²) in [5.74, 6) is 0.347. The third kappa shape index (κ3) is 1.66. The number of hydrogen-bond donors (Lipinski definition) is 0. The Morgan fingerprint density at radius 2 is 2.19 bits per heavy atom. The van der Waals surface area contributed by atoms with E-state index in [-0.39, 0.29) is 11.4 Å². The molecule has 1 heterocycles. The molecule has 3 nitrogen and oxygen atoms in total. The second kappa shape index (κ2) is 3.81. The van der Waals surface area contributed by atoms with Crippen LogP contribution < -0.4 is 4.74 Å². The Kier molecular flexibility index (Phi) is 2.62. The Morgan fingerprint density at radius 1 is 1.44 bits per heavy atom. The fourth-order valence-electron chi connectivity index (χ4n) is 2.04. The topological polar surface area (TPSA) is 35.5 Å². The van der Waals surface area contributed by atoms with E-state index in [1.54, 1.807) is 6.07 Å². The molecular formula is C13H16O3. The third-order valence-electron chi connectivity index (χ3n) is 3.12. The van der Waals surface area contributed by atoms with Gasteiger partial charge >= 0.3 is 5.97 Å². The van der Waals surface area contributed by atoms with Crippen LogP contribution in [-0.4, -0.2) is 19.7 Å². The van der Waals surface area contributed by atoms with Crippen LogP contribution >= 0.6 is 0 Å². The highest BCUT2D eigenvalue weighted by molar-refractivity contribution is 5.93. The van der Waals surface area contributed by atoms with Crippen LogP contribution in [-0.2, 0) is 10.2 Å². The number of rotatable bonds is 1. The molecule has 0 saturated heterocycles. The smallest absolute Gasteiger partial charge is 0.341 e. The first-order chi connectivity index (χ1) is 7.56. The van der Waals surface area contributed by atoms with E-state index in [0.29, 0.717) is 17.9 Å². The van der Waals surface area contributed by atoms with Crippen LogP contribution in [0.1, 0.15) is 36.2 Å². The second-order valence-electron chi connectivity index (χ2n) is 4.66. The van der Waals surface area contributed by atoms with E-state index in [1.165, 1.54) is 7.11 Å². The zero-order valence-electron chi connectivity index (χ0n) is 9.87. The molecule has 1 aliphatic rings. The van der Waals surface area contributed by atoms with Gasteiger partial charge in [-0.05, 0) is 17.9 Å². The summed E-state index contributed by atoms with van der Waals surface area (Å²) in [5, 5.41) is 0. The molecule has 1 aromatic carbocycles. The van der Waals surface area contributed by atoms with Crippen molar-refractivity contribution in [3.8, 4) is 5.75 Å². The molecule has 0 unspecified atom stereocenters. The van der Waals surface area contributed by atoms with E-state index in [4.69, 9.17) is 9.47 Å². The fraction of sp³-hybridized carbons (Fsp3) is 0.462. The van der Waals surface area contributed by atoms with Crippen molar-refractivity contribution >= 4 is 5.97 Å². The van der Waals surface area contributed by atoms with Crippen molar-refractivity contribution in [2.45, 2.75) is 25.7 Å². The molecule has 0 N–H and O–H groups in total. The van der Waals surface area contributed by atoms with Crippen LogP contribution in [0.15, 0.2) is 18.2 Å². The largest absolute Gasteiger partial charge is 0.492 e. The Balaban J connectivity index is 2.55. The Labute approximate surface area is 95.4 Å². The minimum Gasteiger partial charge on any atom is -0.492 e. The molecule has 0 atom stereocenters. The van der Waals surface area contributed by atoms with Crippen molar-refractivity contribution < 1.29 is 14.3 Å².